The quantitative estimate of drug-likeness (QED) is 0.509. The maximum Gasteiger partial charge on any atom is 0.339 e. The molecule has 2 heterocycles. The Morgan fingerprint density at radius 3 is 2.89 bits per heavy atom. The van der Waals surface area contributed by atoms with E-state index in [1.54, 1.807) is 24.5 Å². The van der Waals surface area contributed by atoms with E-state index in [2.05, 4.69) is 31.1 Å². The van der Waals surface area contributed by atoms with Crippen LogP contribution >= 0.6 is 15.9 Å². The largest absolute Gasteiger partial charge is 0.493 e. The van der Waals surface area contributed by atoms with Gasteiger partial charge in [-0.25, -0.2) is 9.78 Å². The van der Waals surface area contributed by atoms with Crippen molar-refractivity contribution >= 4 is 27.7 Å². The topological polar surface area (TPSA) is 116 Å². The maximum atomic E-state index is 11.4. The molecular weight excluding hydrogens is 426 g/mol. The van der Waals surface area contributed by atoms with Crippen molar-refractivity contribution in [3.8, 4) is 17.3 Å². The molecule has 9 heteroatoms. The van der Waals surface area contributed by atoms with Crippen molar-refractivity contribution in [3.63, 3.8) is 0 Å². The van der Waals surface area contributed by atoms with E-state index < -0.39 is 5.97 Å². The van der Waals surface area contributed by atoms with Crippen LogP contribution in [-0.2, 0) is 6.54 Å². The fourth-order valence-corrected chi connectivity index (χ4v) is 3.04. The van der Waals surface area contributed by atoms with Crippen molar-refractivity contribution in [2.75, 3.05) is 12.3 Å². The van der Waals surface area contributed by atoms with Crippen LogP contribution in [-0.4, -0.2) is 37.4 Å². The number of benzene rings is 1. The predicted octanol–water partition coefficient (Wildman–Crippen LogP) is 3.55. The van der Waals surface area contributed by atoms with Crippen LogP contribution in [0.2, 0.25) is 0 Å². The highest BCUT2D eigenvalue weighted by Crippen LogP contribution is 2.27. The van der Waals surface area contributed by atoms with Gasteiger partial charge >= 0.3 is 5.97 Å². The number of halogens is 1. The number of carbonyl (C=O) groups is 1. The molecule has 0 fully saturated rings. The summed E-state index contributed by atoms with van der Waals surface area (Å²) >= 11 is 3.35. The van der Waals surface area contributed by atoms with E-state index in [1.807, 2.05) is 23.6 Å². The first-order valence-electron chi connectivity index (χ1n) is 8.72. The molecule has 0 bridgehead atoms. The number of nitrogens with zero attached hydrogens (tertiary/aromatic N) is 4. The first kappa shape index (κ1) is 19.8. The molecule has 146 valence electrons. The van der Waals surface area contributed by atoms with Gasteiger partial charge in [0.05, 0.1) is 6.61 Å². The molecular formula is C19H20BrN5O3. The number of aryl methyl sites for hydroxylation is 2. The fourth-order valence-electron chi connectivity index (χ4n) is 2.70. The van der Waals surface area contributed by atoms with Crippen LogP contribution in [0.25, 0.3) is 11.5 Å². The van der Waals surface area contributed by atoms with E-state index in [9.17, 15) is 9.90 Å². The molecule has 0 saturated carbocycles. The minimum Gasteiger partial charge on any atom is -0.493 e. The molecule has 0 amide bonds. The normalized spacial score (nSPS) is 10.8. The van der Waals surface area contributed by atoms with Crippen molar-refractivity contribution < 1.29 is 14.6 Å². The van der Waals surface area contributed by atoms with Crippen LogP contribution in [0.5, 0.6) is 5.75 Å². The van der Waals surface area contributed by atoms with Crippen LogP contribution in [0.3, 0.4) is 0 Å². The van der Waals surface area contributed by atoms with Gasteiger partial charge in [0.1, 0.15) is 29.2 Å². The third kappa shape index (κ3) is 4.66. The smallest absolute Gasteiger partial charge is 0.339 e. The number of nitrogen functional groups attached to an aromatic ring is 1. The highest BCUT2D eigenvalue weighted by Gasteiger charge is 2.14. The van der Waals surface area contributed by atoms with E-state index in [0.717, 1.165) is 22.9 Å². The summed E-state index contributed by atoms with van der Waals surface area (Å²) in [6.45, 7) is 2.99. The molecule has 0 saturated heterocycles. The number of carboxylic acids is 1. The highest BCUT2D eigenvalue weighted by molar-refractivity contribution is 9.10. The standard InChI is InChI=1S/C19H20BrN5O3/c1-12-9-16(13(19(26)27)10-14(12)20)28-8-3-2-7-25-11-22-24-18(25)15-5-4-6-17(21)23-15/h4-6,9-11H,2-3,7-8H2,1H3,(H2,21,23)(H,26,27). The molecule has 0 spiro atoms. The molecule has 3 aromatic rings. The fraction of sp³-hybridized carbons (Fsp3) is 0.263. The van der Waals surface area contributed by atoms with Crippen molar-refractivity contribution in [2.45, 2.75) is 26.3 Å². The summed E-state index contributed by atoms with van der Waals surface area (Å²) in [5, 5.41) is 17.4. The monoisotopic (exact) mass is 445 g/mol. The highest BCUT2D eigenvalue weighted by atomic mass is 79.9. The number of nitrogens with two attached hydrogens (primary N) is 1. The Balaban J connectivity index is 1.56. The second-order valence-electron chi connectivity index (χ2n) is 6.25. The predicted molar refractivity (Wildman–Crippen MR) is 108 cm³/mol. The van der Waals surface area contributed by atoms with Gasteiger partial charge in [-0.15, -0.1) is 10.2 Å². The number of pyridine rings is 1. The van der Waals surface area contributed by atoms with Gasteiger partial charge in [0.15, 0.2) is 5.82 Å². The number of rotatable bonds is 8. The van der Waals surface area contributed by atoms with Crippen molar-refractivity contribution in [1.29, 1.82) is 0 Å². The van der Waals surface area contributed by atoms with Crippen LogP contribution in [0.1, 0.15) is 28.8 Å². The summed E-state index contributed by atoms with van der Waals surface area (Å²) in [5.74, 6) is 0.450. The van der Waals surface area contributed by atoms with Crippen LogP contribution in [0.4, 0.5) is 5.82 Å². The van der Waals surface area contributed by atoms with Gasteiger partial charge in [-0.2, -0.15) is 0 Å². The molecule has 0 aliphatic heterocycles. The minimum atomic E-state index is -1.01. The lowest BCUT2D eigenvalue weighted by Crippen LogP contribution is -2.07. The second kappa shape index (κ2) is 8.83. The molecule has 0 radical (unpaired) electrons. The number of hydrogen-bond donors (Lipinski definition) is 2. The zero-order valence-electron chi connectivity index (χ0n) is 15.3. The van der Waals surface area contributed by atoms with E-state index in [0.29, 0.717) is 36.2 Å². The average Bonchev–Trinajstić information content (AvgIpc) is 3.12. The minimum absolute atomic E-state index is 0.145. The van der Waals surface area contributed by atoms with Crippen molar-refractivity contribution in [3.05, 3.63) is 52.3 Å². The number of aromatic nitrogens is 4. The average molecular weight is 446 g/mol. The van der Waals surface area contributed by atoms with Gasteiger partial charge in [0.2, 0.25) is 0 Å². The van der Waals surface area contributed by atoms with Gasteiger partial charge in [-0.05, 0) is 49.6 Å². The Morgan fingerprint density at radius 1 is 1.32 bits per heavy atom. The first-order valence-corrected chi connectivity index (χ1v) is 9.52. The Hall–Kier alpha value is -2.94. The Kier molecular flexibility index (Phi) is 6.25. The number of hydrogen-bond acceptors (Lipinski definition) is 6. The summed E-state index contributed by atoms with van der Waals surface area (Å²) in [4.78, 5) is 15.7. The van der Waals surface area contributed by atoms with E-state index in [4.69, 9.17) is 10.5 Å². The molecule has 1 aromatic carbocycles. The number of carboxylic acid groups (broad SMARTS) is 1. The lowest BCUT2D eigenvalue weighted by atomic mass is 10.1. The Morgan fingerprint density at radius 2 is 2.14 bits per heavy atom. The summed E-state index contributed by atoms with van der Waals surface area (Å²) in [6, 6.07) is 8.68. The molecule has 2 aromatic heterocycles. The number of ether oxygens (including phenoxy) is 1. The zero-order chi connectivity index (χ0) is 20.1. The van der Waals surface area contributed by atoms with Crippen LogP contribution in [0, 0.1) is 6.92 Å². The Labute approximate surface area is 170 Å². The molecule has 0 aliphatic rings. The van der Waals surface area contributed by atoms with Crippen molar-refractivity contribution in [1.82, 2.24) is 19.7 Å². The van der Waals surface area contributed by atoms with Gasteiger partial charge in [0.25, 0.3) is 0 Å². The van der Waals surface area contributed by atoms with E-state index >= 15 is 0 Å². The van der Waals surface area contributed by atoms with Gasteiger partial charge in [-0.3, -0.25) is 0 Å². The molecule has 0 aliphatic carbocycles. The molecule has 8 nitrogen and oxygen atoms in total. The molecule has 28 heavy (non-hydrogen) atoms. The third-order valence-corrected chi connectivity index (χ3v) is 5.01. The maximum absolute atomic E-state index is 11.4. The van der Waals surface area contributed by atoms with Gasteiger partial charge in [-0.1, -0.05) is 22.0 Å². The molecule has 0 unspecified atom stereocenters. The van der Waals surface area contributed by atoms with Crippen molar-refractivity contribution in [2.24, 2.45) is 0 Å². The summed E-state index contributed by atoms with van der Waals surface area (Å²) < 4.78 is 8.37. The lowest BCUT2D eigenvalue weighted by molar-refractivity contribution is 0.0692. The number of unbranched alkanes of at least 4 members (excludes halogenated alkanes) is 1. The molecule has 3 N–H and O–H groups in total. The Bertz CT molecular complexity index is 989. The summed E-state index contributed by atoms with van der Waals surface area (Å²) in [7, 11) is 0. The van der Waals surface area contributed by atoms with E-state index in [-0.39, 0.29) is 5.56 Å². The SMILES string of the molecule is Cc1cc(OCCCCn2cnnc2-c2cccc(N)n2)c(C(=O)O)cc1Br. The third-order valence-electron chi connectivity index (χ3n) is 4.16. The molecule has 0 atom stereocenters. The second-order valence-corrected chi connectivity index (χ2v) is 7.11. The van der Waals surface area contributed by atoms with Gasteiger partial charge in [0, 0.05) is 11.0 Å². The number of aromatic carboxylic acids is 1. The van der Waals surface area contributed by atoms with Crippen LogP contribution in [0.15, 0.2) is 41.1 Å². The van der Waals surface area contributed by atoms with Crippen LogP contribution < -0.4 is 10.5 Å². The zero-order valence-corrected chi connectivity index (χ0v) is 16.9. The first-order chi connectivity index (χ1) is 13.5. The summed E-state index contributed by atoms with van der Waals surface area (Å²) in [6.07, 6.45) is 3.21. The lowest BCUT2D eigenvalue weighted by Gasteiger charge is -2.12. The van der Waals surface area contributed by atoms with E-state index in [1.165, 1.54) is 0 Å². The molecule has 3 rings (SSSR count). The number of anilines is 1. The van der Waals surface area contributed by atoms with Gasteiger partial charge < -0.3 is 20.1 Å². The summed E-state index contributed by atoms with van der Waals surface area (Å²) in [5.41, 5.74) is 7.47.